The first-order valence-electron chi connectivity index (χ1n) is 6.51. The van der Waals surface area contributed by atoms with Gasteiger partial charge in [0, 0.05) is 25.3 Å². The van der Waals surface area contributed by atoms with E-state index in [-0.39, 0.29) is 5.82 Å². The molecule has 0 spiro atoms. The van der Waals surface area contributed by atoms with Crippen molar-refractivity contribution < 1.29 is 13.9 Å². The number of halogens is 1. The molecule has 1 N–H and O–H groups in total. The predicted molar refractivity (Wildman–Crippen MR) is 68.2 cm³/mol. The molecule has 0 heterocycles. The van der Waals surface area contributed by atoms with Gasteiger partial charge >= 0.3 is 0 Å². The first-order valence-corrected chi connectivity index (χ1v) is 6.51. The summed E-state index contributed by atoms with van der Waals surface area (Å²) in [6, 6.07) is 5.46. The summed E-state index contributed by atoms with van der Waals surface area (Å²) in [6.45, 7) is 4.28. The second-order valence-electron chi connectivity index (χ2n) is 4.50. The molecule has 3 nitrogen and oxygen atoms in total. The lowest BCUT2D eigenvalue weighted by atomic mass is 10.2. The molecule has 100 valence electrons. The van der Waals surface area contributed by atoms with E-state index in [4.69, 9.17) is 9.47 Å². The maximum absolute atomic E-state index is 13.4. The molecule has 0 unspecified atom stereocenters. The Kier molecular flexibility index (Phi) is 4.96. The second kappa shape index (κ2) is 6.71. The van der Waals surface area contributed by atoms with Crippen LogP contribution in [0.15, 0.2) is 18.2 Å². The van der Waals surface area contributed by atoms with E-state index in [1.165, 1.54) is 18.9 Å². The summed E-state index contributed by atoms with van der Waals surface area (Å²) >= 11 is 0. The topological polar surface area (TPSA) is 30.5 Å². The summed E-state index contributed by atoms with van der Waals surface area (Å²) in [7, 11) is 0. The fourth-order valence-corrected chi connectivity index (χ4v) is 1.72. The zero-order valence-electron chi connectivity index (χ0n) is 10.7. The Morgan fingerprint density at radius 1 is 1.28 bits per heavy atom. The normalized spacial score (nSPS) is 14.8. The molecule has 0 radical (unpaired) electrons. The van der Waals surface area contributed by atoms with Crippen LogP contribution in [0.4, 0.5) is 4.39 Å². The van der Waals surface area contributed by atoms with Crippen molar-refractivity contribution in [2.45, 2.75) is 32.4 Å². The number of hydrogen-bond acceptors (Lipinski definition) is 3. The van der Waals surface area contributed by atoms with E-state index in [1.807, 2.05) is 13.0 Å². The highest BCUT2D eigenvalue weighted by molar-refractivity contribution is 5.29. The van der Waals surface area contributed by atoms with Gasteiger partial charge in [0.1, 0.15) is 18.2 Å². The second-order valence-corrected chi connectivity index (χ2v) is 4.50. The lowest BCUT2D eigenvalue weighted by Crippen LogP contribution is -2.15. The summed E-state index contributed by atoms with van der Waals surface area (Å²) in [6.07, 6.45) is 2.46. The van der Waals surface area contributed by atoms with Crippen molar-refractivity contribution in [3.05, 3.63) is 29.6 Å². The molecular formula is C14H20FNO2. The Balaban J connectivity index is 1.84. The summed E-state index contributed by atoms with van der Waals surface area (Å²) < 4.78 is 24.0. The minimum atomic E-state index is -0.253. The molecule has 1 aliphatic carbocycles. The number of nitrogens with one attached hydrogen (secondary N) is 1. The van der Waals surface area contributed by atoms with Crippen LogP contribution in [-0.4, -0.2) is 25.9 Å². The number of benzene rings is 1. The fourth-order valence-electron chi connectivity index (χ4n) is 1.72. The zero-order chi connectivity index (χ0) is 12.8. The van der Waals surface area contributed by atoms with Crippen LogP contribution >= 0.6 is 0 Å². The Hall–Kier alpha value is -1.13. The van der Waals surface area contributed by atoms with Gasteiger partial charge in [-0.25, -0.2) is 4.39 Å². The van der Waals surface area contributed by atoms with Gasteiger partial charge in [-0.05, 0) is 37.5 Å². The van der Waals surface area contributed by atoms with E-state index in [0.29, 0.717) is 38.2 Å². The fraction of sp³-hybridized carbons (Fsp3) is 0.571. The lowest BCUT2D eigenvalue weighted by Gasteiger charge is -2.09. The van der Waals surface area contributed by atoms with Crippen molar-refractivity contribution in [1.29, 1.82) is 0 Å². The third kappa shape index (κ3) is 4.63. The highest BCUT2D eigenvalue weighted by Crippen LogP contribution is 2.21. The van der Waals surface area contributed by atoms with Gasteiger partial charge < -0.3 is 14.8 Å². The van der Waals surface area contributed by atoms with E-state index >= 15 is 0 Å². The van der Waals surface area contributed by atoms with Crippen LogP contribution < -0.4 is 10.1 Å². The van der Waals surface area contributed by atoms with Crippen LogP contribution in [0, 0.1) is 5.82 Å². The molecule has 0 amide bonds. The van der Waals surface area contributed by atoms with Gasteiger partial charge in [0.05, 0.1) is 6.61 Å². The van der Waals surface area contributed by atoms with Gasteiger partial charge in [0.25, 0.3) is 0 Å². The molecule has 2 rings (SSSR count). The molecule has 4 heteroatoms. The first-order chi connectivity index (χ1) is 8.78. The lowest BCUT2D eigenvalue weighted by molar-refractivity contribution is 0.110. The van der Waals surface area contributed by atoms with E-state index in [2.05, 4.69) is 5.32 Å². The Labute approximate surface area is 107 Å². The standard InChI is InChI=1S/C14H20FNO2/c1-2-17-5-6-18-14-8-11(7-12(15)9-14)10-16-13-3-4-13/h7-9,13,16H,2-6,10H2,1H3. The van der Waals surface area contributed by atoms with Gasteiger partial charge in [-0.1, -0.05) is 0 Å². The molecule has 1 saturated carbocycles. The zero-order valence-corrected chi connectivity index (χ0v) is 10.7. The van der Waals surface area contributed by atoms with E-state index in [1.54, 1.807) is 6.07 Å². The maximum Gasteiger partial charge on any atom is 0.127 e. The molecular weight excluding hydrogens is 233 g/mol. The van der Waals surface area contributed by atoms with Crippen molar-refractivity contribution in [1.82, 2.24) is 5.32 Å². The Morgan fingerprint density at radius 3 is 2.83 bits per heavy atom. The third-order valence-electron chi connectivity index (χ3n) is 2.80. The van der Waals surface area contributed by atoms with Gasteiger partial charge in [-0.3, -0.25) is 0 Å². The molecule has 1 aromatic carbocycles. The SMILES string of the molecule is CCOCCOc1cc(F)cc(CNC2CC2)c1. The molecule has 0 bridgehead atoms. The predicted octanol–water partition coefficient (Wildman–Crippen LogP) is 2.49. The van der Waals surface area contributed by atoms with Crippen LogP contribution in [0.5, 0.6) is 5.75 Å². The van der Waals surface area contributed by atoms with E-state index in [0.717, 1.165) is 5.56 Å². The Morgan fingerprint density at radius 2 is 2.11 bits per heavy atom. The summed E-state index contributed by atoms with van der Waals surface area (Å²) in [5.41, 5.74) is 0.924. The molecule has 0 atom stereocenters. The molecule has 0 saturated heterocycles. The van der Waals surface area contributed by atoms with Gasteiger partial charge in [0.15, 0.2) is 0 Å². The van der Waals surface area contributed by atoms with Crippen molar-refractivity contribution in [3.63, 3.8) is 0 Å². The van der Waals surface area contributed by atoms with Crippen LogP contribution in [0.2, 0.25) is 0 Å². The van der Waals surface area contributed by atoms with Crippen LogP contribution in [-0.2, 0) is 11.3 Å². The van der Waals surface area contributed by atoms with E-state index < -0.39 is 0 Å². The molecule has 0 aromatic heterocycles. The van der Waals surface area contributed by atoms with Crippen LogP contribution in [0.1, 0.15) is 25.3 Å². The maximum atomic E-state index is 13.4. The molecule has 1 aliphatic rings. The first kappa shape index (κ1) is 13.3. The Bertz CT molecular complexity index is 380. The van der Waals surface area contributed by atoms with Crippen molar-refractivity contribution in [3.8, 4) is 5.75 Å². The van der Waals surface area contributed by atoms with Crippen LogP contribution in [0.25, 0.3) is 0 Å². The number of rotatable bonds is 8. The van der Waals surface area contributed by atoms with Crippen molar-refractivity contribution in [2.75, 3.05) is 19.8 Å². The molecule has 0 aliphatic heterocycles. The third-order valence-corrected chi connectivity index (χ3v) is 2.80. The summed E-state index contributed by atoms with van der Waals surface area (Å²) in [5, 5.41) is 3.36. The smallest absolute Gasteiger partial charge is 0.127 e. The molecule has 1 fully saturated rings. The highest BCUT2D eigenvalue weighted by Gasteiger charge is 2.20. The summed E-state index contributed by atoms with van der Waals surface area (Å²) in [4.78, 5) is 0. The van der Waals surface area contributed by atoms with Gasteiger partial charge in [0.2, 0.25) is 0 Å². The molecule has 18 heavy (non-hydrogen) atoms. The minimum absolute atomic E-state index is 0.253. The van der Waals surface area contributed by atoms with Gasteiger partial charge in [-0.2, -0.15) is 0 Å². The average Bonchev–Trinajstić information content (AvgIpc) is 3.16. The minimum Gasteiger partial charge on any atom is -0.491 e. The highest BCUT2D eigenvalue weighted by atomic mass is 19.1. The number of hydrogen-bond donors (Lipinski definition) is 1. The van der Waals surface area contributed by atoms with Gasteiger partial charge in [-0.15, -0.1) is 0 Å². The number of ether oxygens (including phenoxy) is 2. The summed E-state index contributed by atoms with van der Waals surface area (Å²) in [5.74, 6) is 0.318. The van der Waals surface area contributed by atoms with E-state index in [9.17, 15) is 4.39 Å². The van der Waals surface area contributed by atoms with Crippen molar-refractivity contribution >= 4 is 0 Å². The monoisotopic (exact) mass is 253 g/mol. The largest absolute Gasteiger partial charge is 0.491 e. The molecule has 1 aromatic rings. The van der Waals surface area contributed by atoms with Crippen LogP contribution in [0.3, 0.4) is 0 Å². The quantitative estimate of drug-likeness (QED) is 0.722. The van der Waals surface area contributed by atoms with Crippen molar-refractivity contribution in [2.24, 2.45) is 0 Å². The average molecular weight is 253 g/mol.